The van der Waals surface area contributed by atoms with E-state index in [1.807, 2.05) is 4.72 Å². The maximum Gasteiger partial charge on any atom is 0.416 e. The zero-order valence-electron chi connectivity index (χ0n) is 22.2. The molecule has 2 saturated carbocycles. The van der Waals surface area contributed by atoms with Gasteiger partial charge < -0.3 is 4.74 Å². The van der Waals surface area contributed by atoms with E-state index >= 15 is 4.39 Å². The third-order valence-corrected chi connectivity index (χ3v) is 10.6. The van der Waals surface area contributed by atoms with E-state index in [1.54, 1.807) is 0 Å². The molecule has 2 aromatic rings. The zero-order chi connectivity index (χ0) is 29.1. The molecule has 2 aromatic carbocycles. The van der Waals surface area contributed by atoms with Gasteiger partial charge >= 0.3 is 6.18 Å². The van der Waals surface area contributed by atoms with Crippen molar-refractivity contribution in [1.29, 1.82) is 0 Å². The van der Waals surface area contributed by atoms with Gasteiger partial charge in [-0.3, -0.25) is 9.69 Å². The third kappa shape index (κ3) is 6.09. The number of nitrogens with zero attached hydrogens (tertiary/aromatic N) is 1. The molecule has 12 heteroatoms. The summed E-state index contributed by atoms with van der Waals surface area (Å²) in [5.74, 6) is -1.92. The Bertz CT molecular complexity index is 1440. The second-order valence-electron chi connectivity index (χ2n) is 11.8. The van der Waals surface area contributed by atoms with Gasteiger partial charge in [0.05, 0.1) is 23.0 Å². The summed E-state index contributed by atoms with van der Waals surface area (Å²) in [5.41, 5.74) is -0.473. The van der Waals surface area contributed by atoms with Crippen molar-refractivity contribution in [2.45, 2.75) is 87.3 Å². The Hall–Kier alpha value is -2.73. The molecule has 4 fully saturated rings. The number of benzene rings is 2. The summed E-state index contributed by atoms with van der Waals surface area (Å²) in [6.45, 7) is 0.412. The van der Waals surface area contributed by atoms with Gasteiger partial charge in [0.2, 0.25) is 10.0 Å². The van der Waals surface area contributed by atoms with Crippen molar-refractivity contribution in [3.8, 4) is 5.75 Å². The number of halogens is 5. The Morgan fingerprint density at radius 3 is 2.24 bits per heavy atom. The number of carbonyl (C=O) groups excluding carboxylic acids is 1. The van der Waals surface area contributed by atoms with Crippen LogP contribution in [0.3, 0.4) is 0 Å². The van der Waals surface area contributed by atoms with Crippen LogP contribution in [0.15, 0.2) is 30.3 Å². The average Bonchev–Trinajstić information content (AvgIpc) is 3.80. The van der Waals surface area contributed by atoms with Gasteiger partial charge in [-0.1, -0.05) is 0 Å². The Morgan fingerprint density at radius 1 is 0.951 bits per heavy atom. The van der Waals surface area contributed by atoms with Crippen LogP contribution < -0.4 is 9.46 Å². The standard InChI is InChI=1S/C29H31F5N2O4S/c30-25-8-3-19(29(32,33)34)11-18(25)14-36-20-4-5-21(36)10-16(9-20)15-40-27-13-26(31)24(12-23(27)17-1-2-17)28(37)35-41(38,39)22-6-7-22/h3,8,11-13,16-17,20-22H,1-2,4-7,9-10,14-15H2,(H,35,37)/t16-,20-,21+. The molecule has 2 aliphatic heterocycles. The van der Waals surface area contributed by atoms with Crippen LogP contribution in [-0.2, 0) is 22.7 Å². The monoisotopic (exact) mass is 598 g/mol. The molecule has 0 unspecified atom stereocenters. The fourth-order valence-corrected chi connectivity index (χ4v) is 7.58. The molecule has 41 heavy (non-hydrogen) atoms. The summed E-state index contributed by atoms with van der Waals surface area (Å²) in [6, 6.07) is 5.24. The van der Waals surface area contributed by atoms with Gasteiger partial charge in [0.15, 0.2) is 0 Å². The predicted molar refractivity (Wildman–Crippen MR) is 140 cm³/mol. The number of ether oxygens (including phenoxy) is 1. The van der Waals surface area contributed by atoms with E-state index < -0.39 is 44.6 Å². The SMILES string of the molecule is O=C(NS(=O)(=O)C1CC1)c1cc(C2CC2)c(OC[C@@H]2C[C@H]3CC[C@@H](C2)N3Cc2cc(C(F)(F)F)ccc2F)cc1F. The second kappa shape index (κ2) is 10.5. The first-order chi connectivity index (χ1) is 19.4. The smallest absolute Gasteiger partial charge is 0.416 e. The number of fused-ring (bicyclic) bond motifs is 2. The van der Waals surface area contributed by atoms with Crippen LogP contribution in [0.1, 0.15) is 84.3 Å². The molecule has 1 N–H and O–H groups in total. The van der Waals surface area contributed by atoms with Crippen LogP contribution in [0, 0.1) is 17.6 Å². The molecule has 2 bridgehead atoms. The van der Waals surface area contributed by atoms with Crippen LogP contribution in [0.2, 0.25) is 0 Å². The Kier molecular flexibility index (Phi) is 7.28. The zero-order valence-corrected chi connectivity index (χ0v) is 23.0. The van der Waals surface area contributed by atoms with E-state index in [0.717, 1.165) is 62.8 Å². The van der Waals surface area contributed by atoms with Gasteiger partial charge in [0.1, 0.15) is 17.4 Å². The molecule has 3 atom stereocenters. The minimum absolute atomic E-state index is 0.0324. The molecule has 6 rings (SSSR count). The van der Waals surface area contributed by atoms with Crippen LogP contribution in [-0.4, -0.2) is 43.2 Å². The first-order valence-corrected chi connectivity index (χ1v) is 15.6. The van der Waals surface area contributed by atoms with Crippen molar-refractivity contribution in [3.63, 3.8) is 0 Å². The Labute approximate surface area is 235 Å². The van der Waals surface area contributed by atoms with E-state index in [2.05, 4.69) is 4.90 Å². The number of hydrogen-bond acceptors (Lipinski definition) is 5. The maximum atomic E-state index is 15.0. The molecule has 0 radical (unpaired) electrons. The molecule has 1 amide bonds. The van der Waals surface area contributed by atoms with Crippen LogP contribution in [0.4, 0.5) is 22.0 Å². The van der Waals surface area contributed by atoms with Gasteiger partial charge in [0.25, 0.3) is 5.91 Å². The van der Waals surface area contributed by atoms with Crippen molar-refractivity contribution in [2.24, 2.45) is 5.92 Å². The van der Waals surface area contributed by atoms with E-state index in [0.29, 0.717) is 30.8 Å². The van der Waals surface area contributed by atoms with Gasteiger partial charge in [-0.25, -0.2) is 21.9 Å². The van der Waals surface area contributed by atoms with E-state index in [1.165, 1.54) is 6.07 Å². The predicted octanol–water partition coefficient (Wildman–Crippen LogP) is 5.91. The number of rotatable bonds is 9. The summed E-state index contributed by atoms with van der Waals surface area (Å²) in [5, 5.41) is -0.606. The molecule has 222 valence electrons. The summed E-state index contributed by atoms with van der Waals surface area (Å²) >= 11 is 0. The van der Waals surface area contributed by atoms with Crippen LogP contribution >= 0.6 is 0 Å². The van der Waals surface area contributed by atoms with Crippen molar-refractivity contribution in [2.75, 3.05) is 6.61 Å². The highest BCUT2D eigenvalue weighted by atomic mass is 32.2. The lowest BCUT2D eigenvalue weighted by molar-refractivity contribution is -0.137. The number of hydrogen-bond donors (Lipinski definition) is 1. The Balaban J connectivity index is 1.11. The van der Waals surface area contributed by atoms with E-state index in [-0.39, 0.29) is 41.6 Å². The quantitative estimate of drug-likeness (QED) is 0.364. The van der Waals surface area contributed by atoms with Gasteiger partial charge in [-0.2, -0.15) is 13.2 Å². The number of sulfonamides is 1. The molecule has 6 nitrogen and oxygen atoms in total. The molecule has 2 aliphatic carbocycles. The summed E-state index contributed by atoms with van der Waals surface area (Å²) in [6.07, 6.45) is 1.29. The number of carbonyl (C=O) groups is 1. The Morgan fingerprint density at radius 2 is 1.63 bits per heavy atom. The van der Waals surface area contributed by atoms with Crippen LogP contribution in [0.25, 0.3) is 0 Å². The summed E-state index contributed by atoms with van der Waals surface area (Å²) < 4.78 is 101. The first kappa shape index (κ1) is 28.4. The lowest BCUT2D eigenvalue weighted by Gasteiger charge is -2.39. The highest BCUT2D eigenvalue weighted by Gasteiger charge is 2.42. The molecule has 2 saturated heterocycles. The molecule has 0 aromatic heterocycles. The van der Waals surface area contributed by atoms with Crippen LogP contribution in [0.5, 0.6) is 5.75 Å². The second-order valence-corrected chi connectivity index (χ2v) is 13.8. The van der Waals surface area contributed by atoms with Crippen molar-refractivity contribution < 1.29 is 39.9 Å². The number of alkyl halides is 3. The number of nitrogens with one attached hydrogen (secondary N) is 1. The molecule has 2 heterocycles. The lowest BCUT2D eigenvalue weighted by Crippen LogP contribution is -2.43. The van der Waals surface area contributed by atoms with Gasteiger partial charge in [0, 0.05) is 30.3 Å². The lowest BCUT2D eigenvalue weighted by atomic mass is 9.90. The fourth-order valence-electron chi connectivity index (χ4n) is 6.29. The topological polar surface area (TPSA) is 75.7 Å². The molecular weight excluding hydrogens is 567 g/mol. The largest absolute Gasteiger partial charge is 0.493 e. The summed E-state index contributed by atoms with van der Waals surface area (Å²) in [4.78, 5) is 14.7. The van der Waals surface area contributed by atoms with E-state index in [9.17, 15) is 30.8 Å². The minimum Gasteiger partial charge on any atom is -0.493 e. The van der Waals surface area contributed by atoms with Crippen molar-refractivity contribution >= 4 is 15.9 Å². The summed E-state index contributed by atoms with van der Waals surface area (Å²) in [7, 11) is -3.82. The third-order valence-electron chi connectivity index (χ3n) is 8.74. The highest BCUT2D eigenvalue weighted by Crippen LogP contribution is 2.46. The number of piperidine rings is 1. The molecule has 0 spiro atoms. The fraction of sp³-hybridized carbons (Fsp3) is 0.552. The van der Waals surface area contributed by atoms with Gasteiger partial charge in [-0.15, -0.1) is 0 Å². The highest BCUT2D eigenvalue weighted by molar-refractivity contribution is 7.91. The van der Waals surface area contributed by atoms with Gasteiger partial charge in [-0.05, 0) is 93.0 Å². The molecule has 4 aliphatic rings. The number of amides is 1. The van der Waals surface area contributed by atoms with Crippen molar-refractivity contribution in [1.82, 2.24) is 9.62 Å². The average molecular weight is 599 g/mol. The maximum absolute atomic E-state index is 15.0. The molecular formula is C29H31F5N2O4S. The normalized spacial score (nSPS) is 24.9. The first-order valence-electron chi connectivity index (χ1n) is 14.0. The van der Waals surface area contributed by atoms with E-state index in [4.69, 9.17) is 4.74 Å². The van der Waals surface area contributed by atoms with Crippen molar-refractivity contribution in [3.05, 3.63) is 64.2 Å². The minimum atomic E-state index is -4.54.